The van der Waals surface area contributed by atoms with E-state index in [0.29, 0.717) is 53.0 Å². The minimum absolute atomic E-state index is 0.0825. The molecule has 2 amide bonds. The molecule has 1 aliphatic rings. The lowest BCUT2D eigenvalue weighted by Gasteiger charge is -2.35. The second kappa shape index (κ2) is 9.37. The summed E-state index contributed by atoms with van der Waals surface area (Å²) in [5.41, 5.74) is 2.66. The van der Waals surface area contributed by atoms with Gasteiger partial charge in [-0.3, -0.25) is 9.59 Å². The Bertz CT molecular complexity index is 985. The first-order valence-corrected chi connectivity index (χ1v) is 10.8. The van der Waals surface area contributed by atoms with Crippen molar-refractivity contribution in [2.75, 3.05) is 25.0 Å². The van der Waals surface area contributed by atoms with Gasteiger partial charge >= 0.3 is 5.97 Å². The van der Waals surface area contributed by atoms with Crippen molar-refractivity contribution in [3.05, 3.63) is 52.3 Å². The summed E-state index contributed by atoms with van der Waals surface area (Å²) in [5.74, 6) is -0.0602. The summed E-state index contributed by atoms with van der Waals surface area (Å²) >= 11 is 0. The number of esters is 1. The summed E-state index contributed by atoms with van der Waals surface area (Å²) in [6, 6.07) is 7.03. The molecule has 0 saturated carbocycles. The van der Waals surface area contributed by atoms with Crippen LogP contribution in [0.25, 0.3) is 0 Å². The molecule has 2 atom stereocenters. The number of nitrogens with one attached hydrogen (secondary N) is 2. The Morgan fingerprint density at radius 3 is 2.42 bits per heavy atom. The number of carbonyl (C=O) groups is 3. The van der Waals surface area contributed by atoms with E-state index in [1.54, 1.807) is 45.0 Å². The molecule has 0 aliphatic carbocycles. The summed E-state index contributed by atoms with van der Waals surface area (Å²) in [7, 11) is 0. The van der Waals surface area contributed by atoms with E-state index in [0.717, 1.165) is 6.42 Å². The van der Waals surface area contributed by atoms with Crippen LogP contribution in [0.5, 0.6) is 0 Å². The second-order valence-electron chi connectivity index (χ2n) is 8.50. The predicted octanol–water partition coefficient (Wildman–Crippen LogP) is 4.18. The first-order valence-electron chi connectivity index (χ1n) is 10.8. The van der Waals surface area contributed by atoms with E-state index in [4.69, 9.17) is 4.74 Å². The summed E-state index contributed by atoms with van der Waals surface area (Å²) < 4.78 is 5.10. The van der Waals surface area contributed by atoms with Gasteiger partial charge in [0.2, 0.25) is 0 Å². The van der Waals surface area contributed by atoms with Crippen LogP contribution in [-0.2, 0) is 4.74 Å². The maximum Gasteiger partial charge on any atom is 0.340 e. The first-order chi connectivity index (χ1) is 14.7. The third-order valence-corrected chi connectivity index (χ3v) is 5.71. The highest BCUT2D eigenvalue weighted by Crippen LogP contribution is 2.26. The molecule has 2 unspecified atom stereocenters. The molecule has 31 heavy (non-hydrogen) atoms. The standard InChI is InChI=1S/C24H31N3O4/c1-6-31-24(30)20-16(4)21(25-17(20)5)22(28)26-19-10-8-7-9-18(19)23(29)27-12-14(2)11-15(3)13-27/h7-10,14-15,25H,6,11-13H2,1-5H3,(H,26,28). The van der Waals surface area contributed by atoms with Crippen LogP contribution in [0.3, 0.4) is 0 Å². The molecule has 1 aromatic carbocycles. The van der Waals surface area contributed by atoms with Gasteiger partial charge in [0, 0.05) is 18.8 Å². The molecule has 3 rings (SSSR count). The number of carbonyl (C=O) groups excluding carboxylic acids is 3. The van der Waals surface area contributed by atoms with E-state index in [1.807, 2.05) is 4.90 Å². The third kappa shape index (κ3) is 4.81. The number of aryl methyl sites for hydroxylation is 1. The SMILES string of the molecule is CCOC(=O)c1c(C)[nH]c(C(=O)Nc2ccccc2C(=O)N2CC(C)CC(C)C2)c1C. The molecule has 1 fully saturated rings. The van der Waals surface area contributed by atoms with E-state index in [-0.39, 0.29) is 18.2 Å². The van der Waals surface area contributed by atoms with Crippen LogP contribution < -0.4 is 5.32 Å². The van der Waals surface area contributed by atoms with E-state index in [1.165, 1.54) is 0 Å². The van der Waals surface area contributed by atoms with Gasteiger partial charge in [-0.1, -0.05) is 26.0 Å². The fraction of sp³-hybridized carbons (Fsp3) is 0.458. The Balaban J connectivity index is 1.85. The third-order valence-electron chi connectivity index (χ3n) is 5.71. The lowest BCUT2D eigenvalue weighted by Crippen LogP contribution is -2.42. The molecule has 1 aromatic heterocycles. The number of H-pyrrole nitrogens is 1. The van der Waals surface area contributed by atoms with Crippen LogP contribution in [0.1, 0.15) is 69.7 Å². The van der Waals surface area contributed by atoms with Crippen molar-refractivity contribution in [2.45, 2.75) is 41.0 Å². The number of hydrogen-bond acceptors (Lipinski definition) is 4. The molecule has 2 N–H and O–H groups in total. The number of amides is 2. The molecule has 7 nitrogen and oxygen atoms in total. The predicted molar refractivity (Wildman–Crippen MR) is 119 cm³/mol. The Morgan fingerprint density at radius 1 is 1.13 bits per heavy atom. The largest absolute Gasteiger partial charge is 0.462 e. The van der Waals surface area contributed by atoms with Crippen molar-refractivity contribution < 1.29 is 19.1 Å². The lowest BCUT2D eigenvalue weighted by molar-refractivity contribution is 0.0524. The molecule has 2 heterocycles. The summed E-state index contributed by atoms with van der Waals surface area (Å²) in [4.78, 5) is 43.3. The van der Waals surface area contributed by atoms with E-state index < -0.39 is 11.9 Å². The maximum atomic E-state index is 13.2. The Hall–Kier alpha value is -3.09. The summed E-state index contributed by atoms with van der Waals surface area (Å²) in [6.45, 7) is 11.2. The average molecular weight is 426 g/mol. The molecule has 0 bridgehead atoms. The van der Waals surface area contributed by atoms with Crippen molar-refractivity contribution in [3.63, 3.8) is 0 Å². The van der Waals surface area contributed by atoms with Gasteiger partial charge in [0.25, 0.3) is 11.8 Å². The number of ether oxygens (including phenoxy) is 1. The Kier molecular flexibility index (Phi) is 6.83. The molecule has 7 heteroatoms. The Labute approximate surface area is 183 Å². The topological polar surface area (TPSA) is 91.5 Å². The van der Waals surface area contributed by atoms with Gasteiger partial charge in [-0.15, -0.1) is 0 Å². The smallest absolute Gasteiger partial charge is 0.340 e. The normalized spacial score (nSPS) is 18.5. The minimum Gasteiger partial charge on any atom is -0.462 e. The van der Waals surface area contributed by atoms with E-state index in [2.05, 4.69) is 24.1 Å². The molecular weight excluding hydrogens is 394 g/mol. The molecule has 166 valence electrons. The zero-order chi connectivity index (χ0) is 22.7. The molecule has 0 radical (unpaired) electrons. The fourth-order valence-corrected chi connectivity index (χ4v) is 4.45. The van der Waals surface area contributed by atoms with Crippen molar-refractivity contribution in [2.24, 2.45) is 11.8 Å². The van der Waals surface area contributed by atoms with Crippen LogP contribution in [0.4, 0.5) is 5.69 Å². The molecule has 1 saturated heterocycles. The molecule has 2 aromatic rings. The average Bonchev–Trinajstić information content (AvgIpc) is 3.01. The van der Waals surface area contributed by atoms with Gasteiger partial charge in [0.15, 0.2) is 0 Å². The van der Waals surface area contributed by atoms with Gasteiger partial charge in [0.1, 0.15) is 5.69 Å². The zero-order valence-electron chi connectivity index (χ0n) is 18.9. The summed E-state index contributed by atoms with van der Waals surface area (Å²) in [5, 5.41) is 2.85. The molecule has 0 spiro atoms. The number of aromatic amines is 1. The van der Waals surface area contributed by atoms with Gasteiger partial charge in [-0.05, 0) is 56.7 Å². The number of para-hydroxylation sites is 1. The minimum atomic E-state index is -0.461. The number of hydrogen-bond donors (Lipinski definition) is 2. The molecule has 1 aliphatic heterocycles. The quantitative estimate of drug-likeness (QED) is 0.703. The van der Waals surface area contributed by atoms with Gasteiger partial charge in [0.05, 0.1) is 23.4 Å². The zero-order valence-corrected chi connectivity index (χ0v) is 18.9. The Morgan fingerprint density at radius 2 is 1.77 bits per heavy atom. The monoisotopic (exact) mass is 425 g/mol. The highest BCUT2D eigenvalue weighted by atomic mass is 16.5. The highest BCUT2D eigenvalue weighted by Gasteiger charge is 2.28. The van der Waals surface area contributed by atoms with Crippen LogP contribution >= 0.6 is 0 Å². The number of anilines is 1. The van der Waals surface area contributed by atoms with Crippen molar-refractivity contribution in [1.82, 2.24) is 9.88 Å². The number of nitrogens with zero attached hydrogens (tertiary/aromatic N) is 1. The van der Waals surface area contributed by atoms with Crippen LogP contribution in [0.15, 0.2) is 24.3 Å². The number of rotatable bonds is 5. The first kappa shape index (κ1) is 22.6. The van der Waals surface area contributed by atoms with Gasteiger partial charge < -0.3 is 19.9 Å². The van der Waals surface area contributed by atoms with E-state index in [9.17, 15) is 14.4 Å². The number of piperidine rings is 1. The number of likely N-dealkylation sites (tertiary alicyclic amines) is 1. The number of benzene rings is 1. The summed E-state index contributed by atoms with van der Waals surface area (Å²) in [6.07, 6.45) is 1.11. The number of aromatic nitrogens is 1. The van der Waals surface area contributed by atoms with Gasteiger partial charge in [-0.25, -0.2) is 4.79 Å². The molecular formula is C24H31N3O4. The van der Waals surface area contributed by atoms with Crippen molar-refractivity contribution >= 4 is 23.5 Å². The second-order valence-corrected chi connectivity index (χ2v) is 8.50. The highest BCUT2D eigenvalue weighted by molar-refractivity contribution is 6.10. The van der Waals surface area contributed by atoms with Crippen molar-refractivity contribution in [3.8, 4) is 0 Å². The van der Waals surface area contributed by atoms with Crippen LogP contribution in [-0.4, -0.2) is 47.4 Å². The lowest BCUT2D eigenvalue weighted by atomic mass is 9.91. The van der Waals surface area contributed by atoms with Gasteiger partial charge in [-0.2, -0.15) is 0 Å². The maximum absolute atomic E-state index is 13.2. The van der Waals surface area contributed by atoms with Crippen LogP contribution in [0.2, 0.25) is 0 Å². The van der Waals surface area contributed by atoms with Crippen molar-refractivity contribution in [1.29, 1.82) is 0 Å². The van der Waals surface area contributed by atoms with Crippen LogP contribution in [0, 0.1) is 25.7 Å². The fourth-order valence-electron chi connectivity index (χ4n) is 4.45. The van der Waals surface area contributed by atoms with E-state index >= 15 is 0 Å².